The number of anilines is 1. The Hall–Kier alpha value is -2.74. The van der Waals surface area contributed by atoms with Gasteiger partial charge in [-0.1, -0.05) is 12.1 Å². The molecule has 0 spiro atoms. The summed E-state index contributed by atoms with van der Waals surface area (Å²) in [6.45, 7) is 4.07. The van der Waals surface area contributed by atoms with Gasteiger partial charge < -0.3 is 14.4 Å². The maximum Gasteiger partial charge on any atom is 0.161 e. The molecule has 1 aliphatic heterocycles. The van der Waals surface area contributed by atoms with Gasteiger partial charge >= 0.3 is 0 Å². The Morgan fingerprint density at radius 2 is 2.09 bits per heavy atom. The van der Waals surface area contributed by atoms with E-state index in [4.69, 9.17) is 14.7 Å². The van der Waals surface area contributed by atoms with Crippen LogP contribution in [0.1, 0.15) is 12.5 Å². The first-order chi connectivity index (χ1) is 10.8. The standard InChI is InChI=1S/C17H17N3O2/c1-2-20(17-8-7-13(9-18)10-19-17)11-14-12-21-15-5-3-4-6-16(15)22-14/h3-8,10,14H,2,11-12H2,1H3. The monoisotopic (exact) mass is 295 g/mol. The minimum Gasteiger partial charge on any atom is -0.486 e. The molecule has 2 aromatic rings. The number of fused-ring (bicyclic) bond motifs is 1. The van der Waals surface area contributed by atoms with Gasteiger partial charge in [0.1, 0.15) is 18.5 Å². The summed E-state index contributed by atoms with van der Waals surface area (Å²) in [6.07, 6.45) is 1.54. The summed E-state index contributed by atoms with van der Waals surface area (Å²) in [7, 11) is 0. The second kappa shape index (κ2) is 6.35. The van der Waals surface area contributed by atoms with E-state index < -0.39 is 0 Å². The van der Waals surface area contributed by atoms with Gasteiger partial charge in [-0.15, -0.1) is 0 Å². The summed E-state index contributed by atoms with van der Waals surface area (Å²) in [5.41, 5.74) is 0.561. The van der Waals surface area contributed by atoms with Crippen molar-refractivity contribution in [1.29, 1.82) is 5.26 Å². The highest BCUT2D eigenvalue weighted by atomic mass is 16.6. The molecule has 1 aliphatic rings. The van der Waals surface area contributed by atoms with Crippen LogP contribution < -0.4 is 14.4 Å². The van der Waals surface area contributed by atoms with E-state index >= 15 is 0 Å². The molecule has 1 aromatic heterocycles. The van der Waals surface area contributed by atoms with Crippen LogP contribution in [0.3, 0.4) is 0 Å². The molecule has 1 atom stereocenters. The van der Waals surface area contributed by atoms with Crippen LogP contribution in [-0.4, -0.2) is 30.8 Å². The molecule has 3 rings (SSSR count). The third kappa shape index (κ3) is 2.96. The maximum absolute atomic E-state index is 8.84. The van der Waals surface area contributed by atoms with Gasteiger partial charge in [-0.05, 0) is 31.2 Å². The molecule has 5 nitrogen and oxygen atoms in total. The van der Waals surface area contributed by atoms with Gasteiger partial charge in [0.25, 0.3) is 0 Å². The molecule has 2 heterocycles. The van der Waals surface area contributed by atoms with E-state index in [-0.39, 0.29) is 6.10 Å². The van der Waals surface area contributed by atoms with Crippen molar-refractivity contribution in [2.45, 2.75) is 13.0 Å². The molecule has 0 amide bonds. The van der Waals surface area contributed by atoms with Gasteiger partial charge in [-0.25, -0.2) is 4.98 Å². The Kier molecular flexibility index (Phi) is 4.10. The van der Waals surface area contributed by atoms with E-state index in [2.05, 4.69) is 22.9 Å². The summed E-state index contributed by atoms with van der Waals surface area (Å²) >= 11 is 0. The number of hydrogen-bond donors (Lipinski definition) is 0. The van der Waals surface area contributed by atoms with Gasteiger partial charge in [-0.3, -0.25) is 0 Å². The van der Waals surface area contributed by atoms with Crippen LogP contribution in [0.25, 0.3) is 0 Å². The predicted octanol–water partition coefficient (Wildman–Crippen LogP) is 2.62. The average molecular weight is 295 g/mol. The first-order valence-corrected chi connectivity index (χ1v) is 7.29. The number of pyridine rings is 1. The smallest absolute Gasteiger partial charge is 0.161 e. The number of hydrogen-bond acceptors (Lipinski definition) is 5. The number of aromatic nitrogens is 1. The van der Waals surface area contributed by atoms with Crippen molar-refractivity contribution in [3.8, 4) is 17.6 Å². The first kappa shape index (κ1) is 14.2. The van der Waals surface area contributed by atoms with Crippen LogP contribution in [0.2, 0.25) is 0 Å². The van der Waals surface area contributed by atoms with E-state index in [0.29, 0.717) is 18.7 Å². The molecule has 22 heavy (non-hydrogen) atoms. The zero-order valence-corrected chi connectivity index (χ0v) is 12.4. The Bertz CT molecular complexity index is 679. The lowest BCUT2D eigenvalue weighted by atomic mass is 10.2. The van der Waals surface area contributed by atoms with Crippen molar-refractivity contribution in [3.63, 3.8) is 0 Å². The highest BCUT2D eigenvalue weighted by Gasteiger charge is 2.23. The summed E-state index contributed by atoms with van der Waals surface area (Å²) in [5.74, 6) is 2.41. The largest absolute Gasteiger partial charge is 0.486 e. The number of nitrogens with zero attached hydrogens (tertiary/aromatic N) is 3. The minimum absolute atomic E-state index is 0.0488. The highest BCUT2D eigenvalue weighted by Crippen LogP contribution is 2.31. The Balaban J connectivity index is 1.70. The molecular formula is C17H17N3O2. The van der Waals surface area contributed by atoms with E-state index in [9.17, 15) is 0 Å². The zero-order valence-electron chi connectivity index (χ0n) is 12.4. The second-order valence-electron chi connectivity index (χ2n) is 5.05. The summed E-state index contributed by atoms with van der Waals surface area (Å²) in [5, 5.41) is 8.84. The fraction of sp³-hybridized carbons (Fsp3) is 0.294. The number of ether oxygens (including phenoxy) is 2. The SMILES string of the molecule is CCN(CC1COc2ccccc2O1)c1ccc(C#N)cn1. The van der Waals surface area contributed by atoms with Gasteiger partial charge in [-0.2, -0.15) is 5.26 Å². The van der Waals surface area contributed by atoms with E-state index in [1.807, 2.05) is 30.3 Å². The normalized spacial score (nSPS) is 15.9. The average Bonchev–Trinajstić information content (AvgIpc) is 2.59. The van der Waals surface area contributed by atoms with Crippen LogP contribution in [0, 0.1) is 11.3 Å². The van der Waals surface area contributed by atoms with E-state index in [0.717, 1.165) is 23.9 Å². The molecule has 5 heteroatoms. The molecule has 0 aliphatic carbocycles. The van der Waals surface area contributed by atoms with Crippen LogP contribution in [0.4, 0.5) is 5.82 Å². The number of benzene rings is 1. The molecule has 0 N–H and O–H groups in total. The molecule has 0 fully saturated rings. The van der Waals surface area contributed by atoms with Crippen molar-refractivity contribution in [2.24, 2.45) is 0 Å². The van der Waals surface area contributed by atoms with Gasteiger partial charge in [0, 0.05) is 12.7 Å². The molecular weight excluding hydrogens is 278 g/mol. The third-order valence-electron chi connectivity index (χ3n) is 3.57. The molecule has 1 aromatic carbocycles. The molecule has 1 unspecified atom stereocenters. The van der Waals surface area contributed by atoms with Crippen molar-refractivity contribution in [2.75, 3.05) is 24.6 Å². The Morgan fingerprint density at radius 1 is 1.27 bits per heavy atom. The lowest BCUT2D eigenvalue weighted by Gasteiger charge is -2.31. The number of rotatable bonds is 4. The lowest BCUT2D eigenvalue weighted by molar-refractivity contribution is 0.0953. The fourth-order valence-electron chi connectivity index (χ4n) is 2.42. The Morgan fingerprint density at radius 3 is 2.77 bits per heavy atom. The van der Waals surface area contributed by atoms with Gasteiger partial charge in [0.2, 0.25) is 0 Å². The third-order valence-corrected chi connectivity index (χ3v) is 3.57. The van der Waals surface area contributed by atoms with Crippen molar-refractivity contribution >= 4 is 5.82 Å². The number of para-hydroxylation sites is 2. The first-order valence-electron chi connectivity index (χ1n) is 7.29. The van der Waals surface area contributed by atoms with Crippen LogP contribution in [0.5, 0.6) is 11.5 Å². The summed E-state index contributed by atoms with van der Waals surface area (Å²) in [4.78, 5) is 6.45. The van der Waals surface area contributed by atoms with Crippen molar-refractivity contribution in [3.05, 3.63) is 48.2 Å². The summed E-state index contributed by atoms with van der Waals surface area (Å²) in [6, 6.07) is 13.4. The molecule has 0 radical (unpaired) electrons. The second-order valence-corrected chi connectivity index (χ2v) is 5.05. The molecule has 0 bridgehead atoms. The number of likely N-dealkylation sites (N-methyl/N-ethyl adjacent to an activating group) is 1. The molecule has 0 saturated heterocycles. The topological polar surface area (TPSA) is 58.4 Å². The number of nitriles is 1. The van der Waals surface area contributed by atoms with Crippen LogP contribution >= 0.6 is 0 Å². The maximum atomic E-state index is 8.84. The minimum atomic E-state index is -0.0488. The van der Waals surface area contributed by atoms with Crippen LogP contribution in [-0.2, 0) is 0 Å². The van der Waals surface area contributed by atoms with Crippen LogP contribution in [0.15, 0.2) is 42.6 Å². The zero-order chi connectivity index (χ0) is 15.4. The highest BCUT2D eigenvalue weighted by molar-refractivity contribution is 5.43. The van der Waals surface area contributed by atoms with Crippen molar-refractivity contribution < 1.29 is 9.47 Å². The van der Waals surface area contributed by atoms with E-state index in [1.54, 1.807) is 12.3 Å². The molecule has 112 valence electrons. The summed E-state index contributed by atoms with van der Waals surface area (Å²) < 4.78 is 11.7. The Labute approximate surface area is 129 Å². The fourth-order valence-corrected chi connectivity index (χ4v) is 2.42. The van der Waals surface area contributed by atoms with Gasteiger partial charge in [0.05, 0.1) is 12.1 Å². The quantitative estimate of drug-likeness (QED) is 0.868. The van der Waals surface area contributed by atoms with Gasteiger partial charge in [0.15, 0.2) is 17.6 Å². The predicted molar refractivity (Wildman–Crippen MR) is 83.2 cm³/mol. The van der Waals surface area contributed by atoms with E-state index in [1.165, 1.54) is 0 Å². The van der Waals surface area contributed by atoms with Crippen molar-refractivity contribution in [1.82, 2.24) is 4.98 Å². The molecule has 0 saturated carbocycles. The lowest BCUT2D eigenvalue weighted by Crippen LogP contribution is -2.41.